The number of carbonyl (C=O) groups excluding carboxylic acids is 1. The number of rotatable bonds is 9. The highest BCUT2D eigenvalue weighted by Gasteiger charge is 2.16. The zero-order valence-corrected chi connectivity index (χ0v) is 10.8. The van der Waals surface area contributed by atoms with E-state index in [0.29, 0.717) is 12.4 Å². The zero-order chi connectivity index (χ0) is 11.5. The monoisotopic (exact) mass is 252 g/mol. The van der Waals surface area contributed by atoms with Crippen LogP contribution in [0.15, 0.2) is 0 Å². The van der Waals surface area contributed by atoms with E-state index in [2.05, 4.69) is 35.9 Å². The number of carbonyl (C=O) groups is 1. The highest BCUT2D eigenvalue weighted by molar-refractivity contribution is 7.80. The van der Waals surface area contributed by atoms with Gasteiger partial charge in [0, 0.05) is 31.1 Å². The second-order valence-electron chi connectivity index (χ2n) is 2.91. The number of ether oxygens (including phenoxy) is 1. The van der Waals surface area contributed by atoms with Gasteiger partial charge in [0.2, 0.25) is 0 Å². The SMILES string of the molecule is CCOC(=O)[C@H](CS)NCCNCCS. The predicted molar refractivity (Wildman–Crippen MR) is 69.0 cm³/mol. The molecule has 0 heterocycles. The summed E-state index contributed by atoms with van der Waals surface area (Å²) in [7, 11) is 0. The van der Waals surface area contributed by atoms with Crippen LogP contribution >= 0.6 is 25.3 Å². The number of esters is 1. The van der Waals surface area contributed by atoms with Crippen LogP contribution in [-0.2, 0) is 9.53 Å². The van der Waals surface area contributed by atoms with Gasteiger partial charge in [-0.3, -0.25) is 4.79 Å². The summed E-state index contributed by atoms with van der Waals surface area (Å²) in [4.78, 5) is 11.3. The molecule has 0 aromatic rings. The van der Waals surface area contributed by atoms with Crippen LogP contribution in [-0.4, -0.2) is 49.8 Å². The van der Waals surface area contributed by atoms with Gasteiger partial charge in [0.1, 0.15) is 6.04 Å². The summed E-state index contributed by atoms with van der Waals surface area (Å²) in [5.41, 5.74) is 0. The summed E-state index contributed by atoms with van der Waals surface area (Å²) >= 11 is 8.17. The molecule has 0 unspecified atom stereocenters. The molecule has 0 aromatic carbocycles. The van der Waals surface area contributed by atoms with Crippen molar-refractivity contribution < 1.29 is 9.53 Å². The molecule has 0 fully saturated rings. The molecule has 0 bridgehead atoms. The van der Waals surface area contributed by atoms with Gasteiger partial charge in [-0.05, 0) is 6.92 Å². The van der Waals surface area contributed by atoms with Crippen LogP contribution in [0.1, 0.15) is 6.92 Å². The molecule has 2 N–H and O–H groups in total. The van der Waals surface area contributed by atoms with Gasteiger partial charge in [-0.15, -0.1) is 0 Å². The average molecular weight is 252 g/mol. The Morgan fingerprint density at radius 3 is 2.60 bits per heavy atom. The summed E-state index contributed by atoms with van der Waals surface area (Å²) < 4.78 is 4.89. The molecule has 0 radical (unpaired) electrons. The van der Waals surface area contributed by atoms with E-state index in [0.717, 1.165) is 25.4 Å². The first-order chi connectivity index (χ1) is 7.26. The van der Waals surface area contributed by atoms with Crippen LogP contribution in [0.2, 0.25) is 0 Å². The molecular weight excluding hydrogens is 232 g/mol. The van der Waals surface area contributed by atoms with E-state index in [9.17, 15) is 4.79 Å². The van der Waals surface area contributed by atoms with Crippen LogP contribution < -0.4 is 10.6 Å². The maximum atomic E-state index is 11.3. The Morgan fingerprint density at radius 1 is 1.33 bits per heavy atom. The normalized spacial score (nSPS) is 12.5. The Hall–Kier alpha value is 0.0900. The van der Waals surface area contributed by atoms with E-state index in [4.69, 9.17) is 4.74 Å². The highest BCUT2D eigenvalue weighted by atomic mass is 32.1. The number of thiol groups is 2. The maximum Gasteiger partial charge on any atom is 0.323 e. The van der Waals surface area contributed by atoms with E-state index in [-0.39, 0.29) is 12.0 Å². The molecule has 0 rings (SSSR count). The number of nitrogens with one attached hydrogen (secondary N) is 2. The number of hydrogen-bond acceptors (Lipinski definition) is 6. The molecule has 6 heteroatoms. The third-order valence-electron chi connectivity index (χ3n) is 1.73. The van der Waals surface area contributed by atoms with Gasteiger partial charge in [-0.25, -0.2) is 0 Å². The second kappa shape index (κ2) is 10.6. The lowest BCUT2D eigenvalue weighted by molar-refractivity contribution is -0.144. The summed E-state index contributed by atoms with van der Waals surface area (Å²) in [6, 6.07) is -0.314. The molecule has 0 aromatic heterocycles. The van der Waals surface area contributed by atoms with E-state index in [1.54, 1.807) is 6.92 Å². The molecule has 0 aliphatic carbocycles. The molecule has 0 saturated heterocycles. The first kappa shape index (κ1) is 15.1. The number of hydrogen-bond donors (Lipinski definition) is 4. The van der Waals surface area contributed by atoms with Crippen molar-refractivity contribution in [2.24, 2.45) is 0 Å². The van der Waals surface area contributed by atoms with Crippen molar-refractivity contribution in [3.8, 4) is 0 Å². The predicted octanol–water partition coefficient (Wildman–Crippen LogP) is -0.0431. The van der Waals surface area contributed by atoms with Crippen molar-refractivity contribution in [3.63, 3.8) is 0 Å². The first-order valence-electron chi connectivity index (χ1n) is 5.08. The Labute approximate surface area is 102 Å². The van der Waals surface area contributed by atoms with E-state index < -0.39 is 0 Å². The summed E-state index contributed by atoms with van der Waals surface area (Å²) in [5, 5.41) is 6.24. The third-order valence-corrected chi connectivity index (χ3v) is 2.32. The molecule has 0 amide bonds. The molecule has 1 atom stereocenters. The van der Waals surface area contributed by atoms with Gasteiger partial charge in [-0.1, -0.05) is 0 Å². The topological polar surface area (TPSA) is 50.4 Å². The minimum absolute atomic E-state index is 0.235. The molecule has 0 saturated carbocycles. The van der Waals surface area contributed by atoms with Crippen LogP contribution in [0.4, 0.5) is 0 Å². The zero-order valence-electron chi connectivity index (χ0n) is 9.03. The third kappa shape index (κ3) is 7.96. The fourth-order valence-electron chi connectivity index (χ4n) is 1.00. The van der Waals surface area contributed by atoms with E-state index >= 15 is 0 Å². The summed E-state index contributed by atoms with van der Waals surface area (Å²) in [5.74, 6) is 1.03. The molecular formula is C9H20N2O2S2. The van der Waals surface area contributed by atoms with Gasteiger partial charge in [-0.2, -0.15) is 25.3 Å². The Morgan fingerprint density at radius 2 is 2.07 bits per heavy atom. The first-order valence-corrected chi connectivity index (χ1v) is 6.35. The molecule has 0 aliphatic rings. The lowest BCUT2D eigenvalue weighted by Gasteiger charge is -2.14. The Bertz CT molecular complexity index is 170. The highest BCUT2D eigenvalue weighted by Crippen LogP contribution is 1.92. The van der Waals surface area contributed by atoms with Crippen molar-refractivity contribution in [2.75, 3.05) is 37.7 Å². The molecule has 90 valence electrons. The Kier molecular flexibility index (Phi) is 10.7. The van der Waals surface area contributed by atoms with Gasteiger partial charge < -0.3 is 15.4 Å². The standard InChI is InChI=1S/C9H20N2O2S2/c1-2-13-9(12)8(7-15)11-4-3-10-5-6-14/h8,10-11,14-15H,2-7H2,1H3/t8-/m0/s1. The van der Waals surface area contributed by atoms with Crippen molar-refractivity contribution >= 4 is 31.2 Å². The fraction of sp³-hybridized carbons (Fsp3) is 0.889. The van der Waals surface area contributed by atoms with Gasteiger partial charge in [0.25, 0.3) is 0 Å². The molecule has 0 spiro atoms. The van der Waals surface area contributed by atoms with Crippen molar-refractivity contribution in [3.05, 3.63) is 0 Å². The lowest BCUT2D eigenvalue weighted by atomic mass is 10.3. The van der Waals surface area contributed by atoms with Crippen LogP contribution in [0, 0.1) is 0 Å². The Balaban J connectivity index is 3.56. The van der Waals surface area contributed by atoms with E-state index in [1.165, 1.54) is 0 Å². The van der Waals surface area contributed by atoms with Crippen molar-refractivity contribution in [1.82, 2.24) is 10.6 Å². The van der Waals surface area contributed by atoms with Gasteiger partial charge in [0.15, 0.2) is 0 Å². The minimum atomic E-state index is -0.314. The van der Waals surface area contributed by atoms with Gasteiger partial charge >= 0.3 is 5.97 Å². The smallest absolute Gasteiger partial charge is 0.323 e. The minimum Gasteiger partial charge on any atom is -0.465 e. The molecule has 0 aliphatic heterocycles. The quantitative estimate of drug-likeness (QED) is 0.264. The van der Waals surface area contributed by atoms with E-state index in [1.807, 2.05) is 0 Å². The lowest BCUT2D eigenvalue weighted by Crippen LogP contribution is -2.42. The fourth-order valence-corrected chi connectivity index (χ4v) is 1.44. The maximum absolute atomic E-state index is 11.3. The second-order valence-corrected chi connectivity index (χ2v) is 3.73. The van der Waals surface area contributed by atoms with Crippen LogP contribution in [0.3, 0.4) is 0 Å². The van der Waals surface area contributed by atoms with Crippen LogP contribution in [0.25, 0.3) is 0 Å². The molecule has 4 nitrogen and oxygen atoms in total. The summed E-state index contributed by atoms with van der Waals surface area (Å²) in [6.07, 6.45) is 0. The van der Waals surface area contributed by atoms with Crippen molar-refractivity contribution in [2.45, 2.75) is 13.0 Å². The summed E-state index contributed by atoms with van der Waals surface area (Å²) in [6.45, 7) is 4.60. The van der Waals surface area contributed by atoms with Crippen LogP contribution in [0.5, 0.6) is 0 Å². The average Bonchev–Trinajstić information content (AvgIpc) is 2.23. The molecule has 15 heavy (non-hydrogen) atoms. The van der Waals surface area contributed by atoms with Gasteiger partial charge in [0.05, 0.1) is 6.61 Å². The largest absolute Gasteiger partial charge is 0.465 e. The van der Waals surface area contributed by atoms with Crippen molar-refractivity contribution in [1.29, 1.82) is 0 Å².